The van der Waals surface area contributed by atoms with E-state index in [0.717, 1.165) is 74.6 Å². The second-order valence-corrected chi connectivity index (χ2v) is 17.7. The standard InChI is InChI=1S/C46H44N4/c47-27-28-4-13-40-37(20-28)2-1-3-41(40)44-49-42(35-5-9-38(10-6-35)45-21-29-14-30(22-45)16-31(15-29)23-45)48-43(50-44)36-7-11-39(12-8-36)46-24-32-17-33(25-46)19-34(18-32)26-46/h1-13,20,29-34H,14-19,21-26H2/t29-,30+,31-,32-,33+,34?,45?,46?. The van der Waals surface area contributed by atoms with Crippen LogP contribution in [-0.4, -0.2) is 15.0 Å². The highest BCUT2D eigenvalue weighted by atomic mass is 15.0. The zero-order valence-corrected chi connectivity index (χ0v) is 28.8. The van der Waals surface area contributed by atoms with Crippen LogP contribution in [-0.2, 0) is 10.8 Å². The quantitative estimate of drug-likeness (QED) is 0.190. The summed E-state index contributed by atoms with van der Waals surface area (Å²) in [6.45, 7) is 0. The van der Waals surface area contributed by atoms with E-state index in [1.165, 1.54) is 88.2 Å². The lowest BCUT2D eigenvalue weighted by molar-refractivity contribution is -0.00530. The zero-order valence-electron chi connectivity index (χ0n) is 28.8. The first-order valence-corrected chi connectivity index (χ1v) is 19.4. The summed E-state index contributed by atoms with van der Waals surface area (Å²) in [7, 11) is 0. The van der Waals surface area contributed by atoms with Crippen LogP contribution in [0.2, 0.25) is 0 Å². The lowest BCUT2D eigenvalue weighted by Crippen LogP contribution is -2.48. The van der Waals surface area contributed by atoms with Crippen LogP contribution in [0.25, 0.3) is 44.9 Å². The van der Waals surface area contributed by atoms with Crippen LogP contribution in [0.1, 0.15) is 93.7 Å². The van der Waals surface area contributed by atoms with Crippen LogP contribution in [0.3, 0.4) is 0 Å². The molecule has 0 amide bonds. The maximum atomic E-state index is 9.56. The number of hydrogen-bond acceptors (Lipinski definition) is 4. The van der Waals surface area contributed by atoms with Crippen molar-refractivity contribution in [2.45, 2.75) is 87.9 Å². The summed E-state index contributed by atoms with van der Waals surface area (Å²) >= 11 is 0. The fraction of sp³-hybridized carbons (Fsp3) is 0.435. The van der Waals surface area contributed by atoms with Gasteiger partial charge < -0.3 is 0 Å². The summed E-state index contributed by atoms with van der Waals surface area (Å²) in [6.07, 6.45) is 17.0. The summed E-state index contributed by atoms with van der Waals surface area (Å²) in [5, 5.41) is 11.6. The van der Waals surface area contributed by atoms with Crippen LogP contribution in [0.4, 0.5) is 0 Å². The Morgan fingerprint density at radius 3 is 1.38 bits per heavy atom. The lowest BCUT2D eigenvalue weighted by atomic mass is 9.48. The van der Waals surface area contributed by atoms with Crippen molar-refractivity contribution in [3.05, 3.63) is 102 Å². The van der Waals surface area contributed by atoms with Crippen molar-refractivity contribution in [1.29, 1.82) is 5.26 Å². The maximum Gasteiger partial charge on any atom is 0.164 e. The monoisotopic (exact) mass is 652 g/mol. The Morgan fingerprint density at radius 1 is 0.500 bits per heavy atom. The Balaban J connectivity index is 0.993. The van der Waals surface area contributed by atoms with Crippen LogP contribution < -0.4 is 0 Å². The van der Waals surface area contributed by atoms with Gasteiger partial charge in [-0.25, -0.2) is 15.0 Å². The highest BCUT2D eigenvalue weighted by Crippen LogP contribution is 2.62. The molecule has 8 aliphatic rings. The van der Waals surface area contributed by atoms with Crippen molar-refractivity contribution in [3.8, 4) is 40.2 Å². The van der Waals surface area contributed by atoms with E-state index in [1.807, 2.05) is 24.3 Å². The normalized spacial score (nSPS) is 33.2. The first kappa shape index (κ1) is 29.4. The van der Waals surface area contributed by atoms with E-state index in [2.05, 4.69) is 66.7 Å². The Kier molecular flexibility index (Phi) is 6.36. The minimum Gasteiger partial charge on any atom is -0.208 e. The molecule has 50 heavy (non-hydrogen) atoms. The summed E-state index contributed by atoms with van der Waals surface area (Å²) < 4.78 is 0. The SMILES string of the molecule is N#Cc1ccc2c(-c3nc(-c4ccc(C56CC7C[C@H](C5)C[C@@H](C7)C6)cc4)nc(-c4ccc(C56C[C@H]7C[C@@H](C5)C[C@@H](C6)C7)cc4)n3)cccc2c1. The van der Waals surface area contributed by atoms with Gasteiger partial charge >= 0.3 is 0 Å². The summed E-state index contributed by atoms with van der Waals surface area (Å²) in [6, 6.07) is 33.1. The molecule has 4 nitrogen and oxygen atoms in total. The highest BCUT2D eigenvalue weighted by Gasteiger charge is 2.52. The van der Waals surface area contributed by atoms with Crippen LogP contribution in [0.5, 0.6) is 0 Å². The molecule has 8 bridgehead atoms. The summed E-state index contributed by atoms with van der Waals surface area (Å²) in [5.41, 5.74) is 7.49. The van der Waals surface area contributed by atoms with E-state index in [1.54, 1.807) is 0 Å². The van der Waals surface area contributed by atoms with Gasteiger partial charge in [0.25, 0.3) is 0 Å². The Bertz CT molecular complexity index is 2010. The predicted molar refractivity (Wildman–Crippen MR) is 198 cm³/mol. The largest absolute Gasteiger partial charge is 0.208 e. The molecular weight excluding hydrogens is 609 g/mol. The lowest BCUT2D eigenvalue weighted by Gasteiger charge is -2.57. The molecule has 13 rings (SSSR count). The fourth-order valence-corrected chi connectivity index (χ4v) is 13.2. The molecule has 5 aromatic rings. The maximum absolute atomic E-state index is 9.56. The van der Waals surface area contributed by atoms with Crippen LogP contribution >= 0.6 is 0 Å². The molecule has 1 aromatic heterocycles. The van der Waals surface area contributed by atoms with Crippen LogP contribution in [0, 0.1) is 46.8 Å². The van der Waals surface area contributed by atoms with Gasteiger partial charge in [0.2, 0.25) is 0 Å². The average Bonchev–Trinajstić information content (AvgIpc) is 3.13. The highest BCUT2D eigenvalue weighted by molar-refractivity contribution is 5.96. The Hall–Kier alpha value is -4.36. The minimum atomic E-state index is 0.367. The predicted octanol–water partition coefficient (Wildman–Crippen LogP) is 10.8. The number of rotatable bonds is 5. The van der Waals surface area contributed by atoms with E-state index in [4.69, 9.17) is 15.0 Å². The Morgan fingerprint density at radius 2 is 0.940 bits per heavy atom. The third-order valence-electron chi connectivity index (χ3n) is 14.5. The molecule has 0 N–H and O–H groups in total. The number of benzene rings is 4. The van der Waals surface area contributed by atoms with Crippen molar-refractivity contribution < 1.29 is 0 Å². The number of hydrogen-bond donors (Lipinski definition) is 0. The second-order valence-electron chi connectivity index (χ2n) is 17.7. The third-order valence-corrected chi connectivity index (χ3v) is 14.5. The molecule has 8 fully saturated rings. The van der Waals surface area contributed by atoms with Gasteiger partial charge in [-0.05, 0) is 157 Å². The van der Waals surface area contributed by atoms with Gasteiger partial charge in [0.15, 0.2) is 17.5 Å². The number of nitrogens with zero attached hydrogens (tertiary/aromatic N) is 4. The van der Waals surface area contributed by atoms with Gasteiger partial charge in [0.1, 0.15) is 0 Å². The minimum absolute atomic E-state index is 0.367. The molecule has 4 heteroatoms. The number of nitriles is 1. The molecule has 0 spiro atoms. The van der Waals surface area contributed by atoms with Crippen molar-refractivity contribution in [3.63, 3.8) is 0 Å². The molecule has 0 radical (unpaired) electrons. The van der Waals surface area contributed by atoms with E-state index >= 15 is 0 Å². The molecule has 8 saturated carbocycles. The van der Waals surface area contributed by atoms with Crippen molar-refractivity contribution in [1.82, 2.24) is 15.0 Å². The molecule has 4 aromatic carbocycles. The molecular formula is C46H44N4. The fourth-order valence-electron chi connectivity index (χ4n) is 13.2. The van der Waals surface area contributed by atoms with Gasteiger partial charge in [0, 0.05) is 16.7 Å². The van der Waals surface area contributed by atoms with Gasteiger partial charge in [-0.1, -0.05) is 72.8 Å². The molecule has 0 unspecified atom stereocenters. The summed E-state index contributed by atoms with van der Waals surface area (Å²) in [4.78, 5) is 15.5. The average molecular weight is 653 g/mol. The molecule has 0 atom stereocenters. The van der Waals surface area contributed by atoms with E-state index in [0.29, 0.717) is 22.2 Å². The molecule has 0 aliphatic heterocycles. The first-order chi connectivity index (χ1) is 24.5. The first-order valence-electron chi connectivity index (χ1n) is 19.4. The van der Waals surface area contributed by atoms with Crippen molar-refractivity contribution >= 4 is 10.8 Å². The Labute approximate surface area is 295 Å². The summed E-state index contributed by atoms with van der Waals surface area (Å²) in [5.74, 6) is 7.67. The second kappa shape index (κ2) is 10.8. The van der Waals surface area contributed by atoms with Gasteiger partial charge in [-0.3, -0.25) is 0 Å². The number of aromatic nitrogens is 3. The molecule has 8 aliphatic carbocycles. The van der Waals surface area contributed by atoms with Gasteiger partial charge in [-0.2, -0.15) is 5.26 Å². The van der Waals surface area contributed by atoms with Crippen molar-refractivity contribution in [2.24, 2.45) is 35.5 Å². The molecule has 1 heterocycles. The van der Waals surface area contributed by atoms with Gasteiger partial charge in [-0.15, -0.1) is 0 Å². The van der Waals surface area contributed by atoms with Crippen LogP contribution in [0.15, 0.2) is 84.9 Å². The molecule has 248 valence electrons. The third kappa shape index (κ3) is 4.65. The smallest absolute Gasteiger partial charge is 0.164 e. The van der Waals surface area contributed by atoms with E-state index in [-0.39, 0.29) is 0 Å². The number of fused-ring (bicyclic) bond motifs is 1. The van der Waals surface area contributed by atoms with Gasteiger partial charge in [0.05, 0.1) is 11.6 Å². The van der Waals surface area contributed by atoms with E-state index < -0.39 is 0 Å². The zero-order chi connectivity index (χ0) is 33.0. The topological polar surface area (TPSA) is 62.5 Å². The van der Waals surface area contributed by atoms with E-state index in [9.17, 15) is 5.26 Å². The molecule has 0 saturated heterocycles. The van der Waals surface area contributed by atoms with Crippen molar-refractivity contribution in [2.75, 3.05) is 0 Å².